The largest absolute Gasteiger partial charge is 0.497 e. The highest BCUT2D eigenvalue weighted by molar-refractivity contribution is 5.86. The molecule has 11 heteroatoms. The summed E-state index contributed by atoms with van der Waals surface area (Å²) in [5.74, 6) is 1.47. The van der Waals surface area contributed by atoms with Gasteiger partial charge in [-0.15, -0.1) is 0 Å². The fraction of sp³-hybridized carbons (Fsp3) is 0.360. The SMILES string of the molecule is COc1ccc(N2CCN(CCn3c(=O)cnc4c(-c5ccc(C)o5)nc(N)nc43)[C@@H](C)C2)c(F)c1. The van der Waals surface area contributed by atoms with Crippen molar-refractivity contribution in [2.24, 2.45) is 0 Å². The molecule has 1 aliphatic heterocycles. The molecular formula is C25H28FN7O3. The number of aryl methyl sites for hydroxylation is 1. The highest BCUT2D eigenvalue weighted by Gasteiger charge is 2.26. The second-order valence-corrected chi connectivity index (χ2v) is 8.91. The molecule has 0 spiro atoms. The van der Waals surface area contributed by atoms with Crippen LogP contribution in [0, 0.1) is 12.7 Å². The first-order valence-electron chi connectivity index (χ1n) is 11.8. The summed E-state index contributed by atoms with van der Waals surface area (Å²) < 4.78 is 27.0. The highest BCUT2D eigenvalue weighted by Crippen LogP contribution is 2.28. The maximum absolute atomic E-state index is 14.6. The summed E-state index contributed by atoms with van der Waals surface area (Å²) in [6.07, 6.45) is 1.27. The Kier molecular flexibility index (Phi) is 6.31. The number of nitrogen functional groups attached to an aromatic ring is 1. The highest BCUT2D eigenvalue weighted by atomic mass is 19.1. The van der Waals surface area contributed by atoms with Gasteiger partial charge in [0.15, 0.2) is 11.4 Å². The third kappa shape index (κ3) is 4.49. The number of aromatic nitrogens is 4. The number of furan rings is 1. The molecular weight excluding hydrogens is 465 g/mol. The Labute approximate surface area is 207 Å². The predicted octanol–water partition coefficient (Wildman–Crippen LogP) is 2.70. The average molecular weight is 494 g/mol. The van der Waals surface area contributed by atoms with Crippen LogP contribution in [0.4, 0.5) is 16.0 Å². The number of halogens is 1. The number of nitrogens with zero attached hydrogens (tertiary/aromatic N) is 6. The molecule has 0 bridgehead atoms. The predicted molar refractivity (Wildman–Crippen MR) is 135 cm³/mol. The van der Waals surface area contributed by atoms with Crippen molar-refractivity contribution in [1.82, 2.24) is 24.4 Å². The van der Waals surface area contributed by atoms with Crippen molar-refractivity contribution < 1.29 is 13.5 Å². The van der Waals surface area contributed by atoms with E-state index < -0.39 is 0 Å². The minimum absolute atomic E-state index is 0.0382. The van der Waals surface area contributed by atoms with Gasteiger partial charge in [0.25, 0.3) is 5.56 Å². The Balaban J connectivity index is 1.35. The topological polar surface area (TPSA) is 116 Å². The Morgan fingerprint density at radius 1 is 1.19 bits per heavy atom. The van der Waals surface area contributed by atoms with Crippen molar-refractivity contribution in [2.45, 2.75) is 26.4 Å². The number of anilines is 2. The Morgan fingerprint density at radius 2 is 2.03 bits per heavy atom. The zero-order valence-corrected chi connectivity index (χ0v) is 20.4. The zero-order chi connectivity index (χ0) is 25.4. The van der Waals surface area contributed by atoms with Crippen LogP contribution in [0.15, 0.2) is 45.7 Å². The first-order valence-corrected chi connectivity index (χ1v) is 11.8. The monoisotopic (exact) mass is 493 g/mol. The Bertz CT molecular complexity index is 1470. The minimum atomic E-state index is -0.301. The lowest BCUT2D eigenvalue weighted by atomic mass is 10.1. The van der Waals surface area contributed by atoms with Gasteiger partial charge in [-0.25, -0.2) is 14.4 Å². The van der Waals surface area contributed by atoms with Crippen molar-refractivity contribution >= 4 is 22.8 Å². The number of rotatable bonds is 6. The van der Waals surface area contributed by atoms with Gasteiger partial charge in [-0.2, -0.15) is 4.98 Å². The van der Waals surface area contributed by atoms with Crippen molar-refractivity contribution in [3.05, 3.63) is 58.5 Å². The number of hydrogen-bond donors (Lipinski definition) is 1. The van der Waals surface area contributed by atoms with E-state index in [4.69, 9.17) is 14.9 Å². The van der Waals surface area contributed by atoms with Crippen molar-refractivity contribution in [3.63, 3.8) is 0 Å². The number of nitrogens with two attached hydrogens (primary N) is 1. The van der Waals surface area contributed by atoms with Gasteiger partial charge in [-0.05, 0) is 38.1 Å². The number of piperazine rings is 1. The average Bonchev–Trinajstić information content (AvgIpc) is 3.29. The maximum Gasteiger partial charge on any atom is 0.270 e. The third-order valence-corrected chi connectivity index (χ3v) is 6.55. The van der Waals surface area contributed by atoms with Gasteiger partial charge in [-0.3, -0.25) is 14.3 Å². The molecule has 1 atom stereocenters. The molecule has 1 fully saturated rings. The van der Waals surface area contributed by atoms with E-state index in [0.29, 0.717) is 60.2 Å². The van der Waals surface area contributed by atoms with Gasteiger partial charge in [0.1, 0.15) is 28.5 Å². The normalized spacial score (nSPS) is 16.6. The van der Waals surface area contributed by atoms with Gasteiger partial charge in [-0.1, -0.05) is 0 Å². The number of benzene rings is 1. The van der Waals surface area contributed by atoms with Crippen LogP contribution in [0.2, 0.25) is 0 Å². The lowest BCUT2D eigenvalue weighted by molar-refractivity contribution is 0.182. The molecule has 36 heavy (non-hydrogen) atoms. The first-order chi connectivity index (χ1) is 17.3. The molecule has 0 unspecified atom stereocenters. The van der Waals surface area contributed by atoms with Gasteiger partial charge in [0.2, 0.25) is 5.95 Å². The lowest BCUT2D eigenvalue weighted by Gasteiger charge is -2.41. The van der Waals surface area contributed by atoms with Crippen molar-refractivity contribution in [1.29, 1.82) is 0 Å². The lowest BCUT2D eigenvalue weighted by Crippen LogP contribution is -2.53. The molecule has 1 saturated heterocycles. The summed E-state index contributed by atoms with van der Waals surface area (Å²) in [4.78, 5) is 30.0. The van der Waals surface area contributed by atoms with Crippen molar-refractivity contribution in [2.75, 3.05) is 43.9 Å². The summed E-state index contributed by atoms with van der Waals surface area (Å²) in [6, 6.07) is 8.68. The fourth-order valence-corrected chi connectivity index (χ4v) is 4.66. The molecule has 3 aromatic heterocycles. The van der Waals surface area contributed by atoms with Crippen LogP contribution in [-0.4, -0.2) is 63.7 Å². The second-order valence-electron chi connectivity index (χ2n) is 8.91. The second kappa shape index (κ2) is 9.57. The van der Waals surface area contributed by atoms with E-state index in [0.717, 1.165) is 12.3 Å². The summed E-state index contributed by atoms with van der Waals surface area (Å²) in [7, 11) is 1.52. The molecule has 1 aromatic carbocycles. The molecule has 5 rings (SSSR count). The van der Waals surface area contributed by atoms with E-state index in [2.05, 4.69) is 26.8 Å². The number of fused-ring (bicyclic) bond motifs is 1. The molecule has 10 nitrogen and oxygen atoms in total. The molecule has 4 heterocycles. The van der Waals surface area contributed by atoms with E-state index in [-0.39, 0.29) is 23.4 Å². The van der Waals surface area contributed by atoms with Gasteiger partial charge >= 0.3 is 0 Å². The molecule has 4 aromatic rings. The first kappa shape index (κ1) is 23.7. The quantitative estimate of drug-likeness (QED) is 0.433. The summed E-state index contributed by atoms with van der Waals surface area (Å²) in [6.45, 7) is 6.98. The third-order valence-electron chi connectivity index (χ3n) is 6.55. The minimum Gasteiger partial charge on any atom is -0.497 e. The van der Waals surface area contributed by atoms with Crippen LogP contribution in [0.1, 0.15) is 12.7 Å². The molecule has 1 aliphatic rings. The molecule has 0 aliphatic carbocycles. The van der Waals surface area contributed by atoms with Gasteiger partial charge in [0, 0.05) is 44.8 Å². The summed E-state index contributed by atoms with van der Waals surface area (Å²) in [5, 5.41) is 0. The van der Waals surface area contributed by atoms with Crippen molar-refractivity contribution in [3.8, 4) is 17.2 Å². The van der Waals surface area contributed by atoms with Crippen LogP contribution < -0.4 is 20.9 Å². The molecule has 188 valence electrons. The fourth-order valence-electron chi connectivity index (χ4n) is 4.66. The smallest absolute Gasteiger partial charge is 0.270 e. The van der Waals surface area contributed by atoms with E-state index in [1.165, 1.54) is 19.4 Å². The van der Waals surface area contributed by atoms with E-state index in [1.54, 1.807) is 22.8 Å². The summed E-state index contributed by atoms with van der Waals surface area (Å²) in [5.41, 5.74) is 7.54. The summed E-state index contributed by atoms with van der Waals surface area (Å²) >= 11 is 0. The van der Waals surface area contributed by atoms with Crippen LogP contribution in [-0.2, 0) is 6.54 Å². The Hall–Kier alpha value is -3.99. The van der Waals surface area contributed by atoms with E-state index in [9.17, 15) is 9.18 Å². The van der Waals surface area contributed by atoms with Crippen LogP contribution in [0.3, 0.4) is 0 Å². The van der Waals surface area contributed by atoms with Gasteiger partial charge < -0.3 is 19.8 Å². The number of methoxy groups -OCH3 is 1. The molecule has 2 N–H and O–H groups in total. The molecule has 0 radical (unpaired) electrons. The van der Waals surface area contributed by atoms with E-state index >= 15 is 0 Å². The maximum atomic E-state index is 14.6. The van der Waals surface area contributed by atoms with E-state index in [1.807, 2.05) is 17.9 Å². The van der Waals surface area contributed by atoms with Gasteiger partial charge in [0.05, 0.1) is 19.0 Å². The Morgan fingerprint density at radius 3 is 2.72 bits per heavy atom. The zero-order valence-electron chi connectivity index (χ0n) is 20.4. The molecule has 0 amide bonds. The number of ether oxygens (including phenoxy) is 1. The standard InChI is InChI=1S/C25H28FN7O3/c1-15-14-32(19-6-5-17(35-3)12-18(19)26)9-8-31(15)10-11-33-21(34)13-28-23-22(20-7-4-16(2)36-20)29-25(27)30-24(23)33/h4-7,12-13,15H,8-11,14H2,1-3H3,(H2,27,29,30)/t15-/m0/s1. The van der Waals surface area contributed by atoms with Crippen LogP contribution in [0.25, 0.3) is 22.6 Å². The van der Waals surface area contributed by atoms with Crippen LogP contribution in [0.5, 0.6) is 5.75 Å². The number of hydrogen-bond acceptors (Lipinski definition) is 9. The molecule has 0 saturated carbocycles. The van der Waals surface area contributed by atoms with Crippen LogP contribution >= 0.6 is 0 Å².